The van der Waals surface area contributed by atoms with E-state index in [1.54, 1.807) is 4.57 Å². The van der Waals surface area contributed by atoms with Crippen LogP contribution < -0.4 is 10.9 Å². The van der Waals surface area contributed by atoms with E-state index in [1.165, 1.54) is 10.9 Å². The molecular formula is C26H26N6O3. The second-order valence-electron chi connectivity index (χ2n) is 8.76. The Balaban J connectivity index is 1.57. The molecule has 0 atom stereocenters. The number of aryl methyl sites for hydroxylation is 4. The van der Waals surface area contributed by atoms with Crippen molar-refractivity contribution in [3.63, 3.8) is 0 Å². The van der Waals surface area contributed by atoms with Gasteiger partial charge < -0.3 is 14.4 Å². The summed E-state index contributed by atoms with van der Waals surface area (Å²) in [5.41, 5.74) is 5.32. The Labute approximate surface area is 201 Å². The number of carbonyl (C=O) groups is 1. The number of para-hydroxylation sites is 1. The Hall–Kier alpha value is -4.27. The van der Waals surface area contributed by atoms with Gasteiger partial charge in [-0.1, -0.05) is 48.0 Å². The van der Waals surface area contributed by atoms with Gasteiger partial charge in [0.2, 0.25) is 11.8 Å². The number of aromatic nitrogens is 5. The lowest BCUT2D eigenvalue weighted by Gasteiger charge is -2.14. The molecule has 9 heteroatoms. The molecule has 3 aromatic heterocycles. The van der Waals surface area contributed by atoms with Crippen LogP contribution in [0.25, 0.3) is 21.9 Å². The van der Waals surface area contributed by atoms with Gasteiger partial charge in [-0.05, 0) is 38.0 Å². The zero-order valence-electron chi connectivity index (χ0n) is 20.1. The first-order valence-corrected chi connectivity index (χ1v) is 11.5. The minimum Gasteiger partial charge on any atom is -0.337 e. The molecule has 0 spiro atoms. The normalized spacial score (nSPS) is 11.4. The zero-order valence-corrected chi connectivity index (χ0v) is 20.1. The molecule has 1 N–H and O–H groups in total. The van der Waals surface area contributed by atoms with E-state index in [4.69, 9.17) is 4.52 Å². The van der Waals surface area contributed by atoms with Crippen molar-refractivity contribution >= 4 is 33.5 Å². The quantitative estimate of drug-likeness (QED) is 0.403. The van der Waals surface area contributed by atoms with Gasteiger partial charge in [-0.15, -0.1) is 0 Å². The lowest BCUT2D eigenvalue weighted by molar-refractivity contribution is -0.116. The van der Waals surface area contributed by atoms with Crippen LogP contribution in [0.2, 0.25) is 0 Å². The van der Waals surface area contributed by atoms with Crippen molar-refractivity contribution in [2.45, 2.75) is 47.2 Å². The molecule has 0 saturated heterocycles. The fourth-order valence-corrected chi connectivity index (χ4v) is 4.57. The highest BCUT2D eigenvalue weighted by Gasteiger charge is 2.19. The molecule has 3 heterocycles. The lowest BCUT2D eigenvalue weighted by Crippen LogP contribution is -2.26. The second kappa shape index (κ2) is 8.83. The summed E-state index contributed by atoms with van der Waals surface area (Å²) in [6, 6.07) is 11.6. The highest BCUT2D eigenvalue weighted by Crippen LogP contribution is 2.26. The van der Waals surface area contributed by atoms with Gasteiger partial charge in [0.1, 0.15) is 24.1 Å². The van der Waals surface area contributed by atoms with Crippen LogP contribution in [0.1, 0.15) is 35.3 Å². The van der Waals surface area contributed by atoms with Crippen LogP contribution in [0.4, 0.5) is 5.69 Å². The zero-order chi connectivity index (χ0) is 24.7. The first-order chi connectivity index (χ1) is 16.9. The molecule has 0 radical (unpaired) electrons. The van der Waals surface area contributed by atoms with Gasteiger partial charge >= 0.3 is 0 Å². The van der Waals surface area contributed by atoms with Gasteiger partial charge in [0, 0.05) is 17.5 Å². The molecule has 0 bridgehead atoms. The monoisotopic (exact) mass is 470 g/mol. The predicted octanol–water partition coefficient (Wildman–Crippen LogP) is 3.91. The maximum atomic E-state index is 13.6. The van der Waals surface area contributed by atoms with Crippen LogP contribution in [-0.4, -0.2) is 30.2 Å². The molecule has 0 aliphatic rings. The molecule has 0 aliphatic carbocycles. The first kappa shape index (κ1) is 22.5. The van der Waals surface area contributed by atoms with E-state index in [1.807, 2.05) is 64.1 Å². The third kappa shape index (κ3) is 4.09. The van der Waals surface area contributed by atoms with E-state index >= 15 is 0 Å². The molecule has 5 rings (SSSR count). The molecule has 9 nitrogen and oxygen atoms in total. The average Bonchev–Trinajstić information content (AvgIpc) is 3.41. The minimum atomic E-state index is -0.280. The molecule has 35 heavy (non-hydrogen) atoms. The van der Waals surface area contributed by atoms with Crippen molar-refractivity contribution in [2.24, 2.45) is 0 Å². The largest absolute Gasteiger partial charge is 0.337 e. The molecule has 0 saturated carbocycles. The number of carbonyl (C=O) groups excluding carboxylic acids is 1. The van der Waals surface area contributed by atoms with Gasteiger partial charge in [-0.2, -0.15) is 4.98 Å². The summed E-state index contributed by atoms with van der Waals surface area (Å²) in [4.78, 5) is 35.6. The number of amides is 1. The van der Waals surface area contributed by atoms with Gasteiger partial charge in [0.05, 0.1) is 11.8 Å². The molecule has 0 unspecified atom stereocenters. The summed E-state index contributed by atoms with van der Waals surface area (Å²) < 4.78 is 8.42. The third-order valence-corrected chi connectivity index (χ3v) is 6.11. The smallest absolute Gasteiger partial charge is 0.278 e. The molecule has 5 aromatic rings. The predicted molar refractivity (Wildman–Crippen MR) is 134 cm³/mol. The average molecular weight is 471 g/mol. The Morgan fingerprint density at radius 2 is 1.86 bits per heavy atom. The Kier molecular flexibility index (Phi) is 5.68. The van der Waals surface area contributed by atoms with Gasteiger partial charge in [0.25, 0.3) is 5.56 Å². The SMILES string of the molecule is CCc1noc(Cn2cnc3c4ccccc4n(CC(=O)Nc4c(C)cc(C)cc4C)c3c2=O)n1. The number of fused-ring (bicyclic) bond motifs is 3. The van der Waals surface area contributed by atoms with Crippen LogP contribution in [0.5, 0.6) is 0 Å². The Morgan fingerprint density at radius 1 is 1.11 bits per heavy atom. The van der Waals surface area contributed by atoms with Gasteiger partial charge in [0.15, 0.2) is 5.82 Å². The van der Waals surface area contributed by atoms with E-state index in [0.29, 0.717) is 29.2 Å². The summed E-state index contributed by atoms with van der Waals surface area (Å²) in [7, 11) is 0. The number of benzene rings is 2. The molecule has 1 amide bonds. The fraction of sp³-hybridized carbons (Fsp3) is 0.269. The van der Waals surface area contributed by atoms with Crippen LogP contribution >= 0.6 is 0 Å². The summed E-state index contributed by atoms with van der Waals surface area (Å²) >= 11 is 0. The fourth-order valence-electron chi connectivity index (χ4n) is 4.57. The molecule has 2 aromatic carbocycles. The van der Waals surface area contributed by atoms with E-state index < -0.39 is 0 Å². The summed E-state index contributed by atoms with van der Waals surface area (Å²) in [6.07, 6.45) is 2.12. The van der Waals surface area contributed by atoms with Crippen molar-refractivity contribution in [3.8, 4) is 0 Å². The number of anilines is 1. The van der Waals surface area contributed by atoms with E-state index in [2.05, 4.69) is 20.4 Å². The summed E-state index contributed by atoms with van der Waals surface area (Å²) in [5.74, 6) is 0.687. The van der Waals surface area contributed by atoms with Gasteiger partial charge in [-0.25, -0.2) is 4.98 Å². The minimum absolute atomic E-state index is 0.0295. The second-order valence-corrected chi connectivity index (χ2v) is 8.76. The highest BCUT2D eigenvalue weighted by molar-refractivity contribution is 6.06. The van der Waals surface area contributed by atoms with Crippen molar-refractivity contribution in [3.05, 3.63) is 81.5 Å². The van der Waals surface area contributed by atoms with Crippen LogP contribution in [0.15, 0.2) is 52.0 Å². The lowest BCUT2D eigenvalue weighted by atomic mass is 10.1. The van der Waals surface area contributed by atoms with E-state index in [0.717, 1.165) is 33.3 Å². The molecular weight excluding hydrogens is 444 g/mol. The van der Waals surface area contributed by atoms with Crippen LogP contribution in [0.3, 0.4) is 0 Å². The van der Waals surface area contributed by atoms with Crippen LogP contribution in [0, 0.1) is 20.8 Å². The molecule has 0 fully saturated rings. The van der Waals surface area contributed by atoms with Crippen molar-refractivity contribution in [2.75, 3.05) is 5.32 Å². The van der Waals surface area contributed by atoms with Crippen molar-refractivity contribution < 1.29 is 9.32 Å². The standard InChI is InChI=1S/C26H26N6O3/c1-5-20-28-22(35-30-20)13-31-14-27-24-18-8-6-7-9-19(18)32(25(24)26(31)34)12-21(33)29-23-16(3)10-15(2)11-17(23)4/h6-11,14H,5,12-13H2,1-4H3,(H,29,33). The molecule has 178 valence electrons. The number of rotatable bonds is 6. The Morgan fingerprint density at radius 3 is 2.57 bits per heavy atom. The maximum Gasteiger partial charge on any atom is 0.278 e. The highest BCUT2D eigenvalue weighted by atomic mass is 16.5. The topological polar surface area (TPSA) is 108 Å². The first-order valence-electron chi connectivity index (χ1n) is 11.5. The van der Waals surface area contributed by atoms with Crippen molar-refractivity contribution in [1.82, 2.24) is 24.3 Å². The number of hydrogen-bond acceptors (Lipinski definition) is 6. The summed E-state index contributed by atoms with van der Waals surface area (Å²) in [5, 5.41) is 7.74. The number of hydrogen-bond donors (Lipinski definition) is 1. The van der Waals surface area contributed by atoms with Crippen LogP contribution in [-0.2, 0) is 24.3 Å². The molecule has 0 aliphatic heterocycles. The maximum absolute atomic E-state index is 13.6. The van der Waals surface area contributed by atoms with Crippen molar-refractivity contribution in [1.29, 1.82) is 0 Å². The van der Waals surface area contributed by atoms with Gasteiger partial charge in [-0.3, -0.25) is 14.2 Å². The van der Waals surface area contributed by atoms with E-state index in [9.17, 15) is 9.59 Å². The number of nitrogens with one attached hydrogen (secondary N) is 1. The number of nitrogens with zero attached hydrogens (tertiary/aromatic N) is 5. The Bertz CT molecular complexity index is 1620. The third-order valence-electron chi connectivity index (χ3n) is 6.11. The summed E-state index contributed by atoms with van der Waals surface area (Å²) in [6.45, 7) is 7.97. The van der Waals surface area contributed by atoms with E-state index in [-0.39, 0.29) is 24.6 Å².